The second-order valence-electron chi connectivity index (χ2n) is 4.79. The van der Waals surface area contributed by atoms with Crippen LogP contribution >= 0.6 is 0 Å². The number of carboxylic acid groups (broad SMARTS) is 1. The standard InChI is InChI=1S/C15H22N2O4/c1-3-4-5-9-17-14(18)10(2)21-13-11(15(19)20)7-6-8-12(13)16/h6-8,10H,3-5,9,16H2,1-2H3,(H,17,18)(H,19,20). The maximum Gasteiger partial charge on any atom is 0.339 e. The molecule has 1 unspecified atom stereocenters. The van der Waals surface area contributed by atoms with Crippen LogP contribution in [0.25, 0.3) is 0 Å². The first-order chi connectivity index (χ1) is 9.97. The Kier molecular flexibility index (Phi) is 6.52. The predicted octanol–water partition coefficient (Wildman–Crippen LogP) is 2.04. The van der Waals surface area contributed by atoms with Crippen molar-refractivity contribution in [2.24, 2.45) is 0 Å². The molecule has 1 amide bonds. The van der Waals surface area contributed by atoms with Crippen molar-refractivity contribution in [3.63, 3.8) is 0 Å². The summed E-state index contributed by atoms with van der Waals surface area (Å²) < 4.78 is 5.44. The zero-order chi connectivity index (χ0) is 15.8. The van der Waals surface area contributed by atoms with Gasteiger partial charge in [0.25, 0.3) is 5.91 Å². The summed E-state index contributed by atoms with van der Waals surface area (Å²) in [5, 5.41) is 11.9. The molecule has 0 spiro atoms. The largest absolute Gasteiger partial charge is 0.478 e. The third-order valence-corrected chi connectivity index (χ3v) is 3.02. The minimum Gasteiger partial charge on any atom is -0.478 e. The molecule has 0 radical (unpaired) electrons. The molecule has 116 valence electrons. The van der Waals surface area contributed by atoms with Crippen LogP contribution in [0.15, 0.2) is 18.2 Å². The molecule has 1 atom stereocenters. The van der Waals surface area contributed by atoms with Crippen LogP contribution < -0.4 is 15.8 Å². The van der Waals surface area contributed by atoms with Gasteiger partial charge in [0.05, 0.1) is 5.69 Å². The maximum absolute atomic E-state index is 11.9. The average Bonchev–Trinajstić information content (AvgIpc) is 2.45. The Morgan fingerprint density at radius 2 is 2.10 bits per heavy atom. The second-order valence-corrected chi connectivity index (χ2v) is 4.79. The summed E-state index contributed by atoms with van der Waals surface area (Å²) in [4.78, 5) is 23.0. The fourth-order valence-corrected chi connectivity index (χ4v) is 1.82. The third kappa shape index (κ3) is 4.98. The molecule has 0 aliphatic heterocycles. The van der Waals surface area contributed by atoms with Gasteiger partial charge in [-0.3, -0.25) is 4.79 Å². The molecule has 6 heteroatoms. The van der Waals surface area contributed by atoms with E-state index in [1.807, 2.05) is 0 Å². The molecule has 0 saturated carbocycles. The fourth-order valence-electron chi connectivity index (χ4n) is 1.82. The second kappa shape index (κ2) is 8.14. The van der Waals surface area contributed by atoms with Crippen molar-refractivity contribution in [2.75, 3.05) is 12.3 Å². The number of carbonyl (C=O) groups is 2. The molecule has 0 fully saturated rings. The van der Waals surface area contributed by atoms with E-state index in [9.17, 15) is 9.59 Å². The monoisotopic (exact) mass is 294 g/mol. The molecule has 0 bridgehead atoms. The highest BCUT2D eigenvalue weighted by molar-refractivity contribution is 5.93. The number of carboxylic acids is 1. The summed E-state index contributed by atoms with van der Waals surface area (Å²) in [6, 6.07) is 4.45. The number of hydrogen-bond donors (Lipinski definition) is 3. The van der Waals surface area contributed by atoms with Gasteiger partial charge in [-0.15, -0.1) is 0 Å². The van der Waals surface area contributed by atoms with E-state index in [-0.39, 0.29) is 22.9 Å². The lowest BCUT2D eigenvalue weighted by atomic mass is 10.1. The van der Waals surface area contributed by atoms with Crippen molar-refractivity contribution >= 4 is 17.6 Å². The van der Waals surface area contributed by atoms with Crippen LogP contribution in [0.1, 0.15) is 43.5 Å². The molecule has 0 saturated heterocycles. The first-order valence-electron chi connectivity index (χ1n) is 7.03. The van der Waals surface area contributed by atoms with Crippen LogP contribution in [0.2, 0.25) is 0 Å². The van der Waals surface area contributed by atoms with Gasteiger partial charge in [0.1, 0.15) is 5.56 Å². The number of nitrogens with one attached hydrogen (secondary N) is 1. The molecule has 1 aromatic rings. The minimum atomic E-state index is -1.15. The van der Waals surface area contributed by atoms with Gasteiger partial charge in [-0.25, -0.2) is 4.79 Å². The molecular weight excluding hydrogens is 272 g/mol. The number of para-hydroxylation sites is 1. The molecule has 0 heterocycles. The van der Waals surface area contributed by atoms with Gasteiger partial charge in [0.2, 0.25) is 0 Å². The van der Waals surface area contributed by atoms with E-state index in [1.165, 1.54) is 18.2 Å². The molecule has 1 aromatic carbocycles. The Morgan fingerprint density at radius 1 is 1.38 bits per heavy atom. The summed E-state index contributed by atoms with van der Waals surface area (Å²) in [5.41, 5.74) is 5.87. The molecule has 0 aromatic heterocycles. The Hall–Kier alpha value is -2.24. The van der Waals surface area contributed by atoms with Gasteiger partial charge in [0.15, 0.2) is 11.9 Å². The minimum absolute atomic E-state index is 0.0289. The molecule has 1 rings (SSSR count). The predicted molar refractivity (Wildman–Crippen MR) is 80.4 cm³/mol. The highest BCUT2D eigenvalue weighted by atomic mass is 16.5. The first kappa shape index (κ1) is 16.8. The molecule has 21 heavy (non-hydrogen) atoms. The Bertz CT molecular complexity index is 502. The van der Waals surface area contributed by atoms with Gasteiger partial charge >= 0.3 is 5.97 Å². The number of amides is 1. The molecule has 6 nitrogen and oxygen atoms in total. The SMILES string of the molecule is CCCCCNC(=O)C(C)Oc1c(N)cccc1C(=O)O. The molecule has 0 aliphatic carbocycles. The number of hydrogen-bond acceptors (Lipinski definition) is 4. The topological polar surface area (TPSA) is 102 Å². The summed E-state index contributed by atoms with van der Waals surface area (Å²) in [6.45, 7) is 4.23. The molecule has 4 N–H and O–H groups in total. The van der Waals surface area contributed by atoms with E-state index < -0.39 is 12.1 Å². The van der Waals surface area contributed by atoms with Crippen LogP contribution in [-0.4, -0.2) is 29.6 Å². The van der Waals surface area contributed by atoms with Crippen molar-refractivity contribution in [3.05, 3.63) is 23.8 Å². The van der Waals surface area contributed by atoms with Crippen LogP contribution in [0, 0.1) is 0 Å². The maximum atomic E-state index is 11.9. The van der Waals surface area contributed by atoms with Crippen molar-refractivity contribution in [3.8, 4) is 5.75 Å². The van der Waals surface area contributed by atoms with Crippen LogP contribution in [-0.2, 0) is 4.79 Å². The quantitative estimate of drug-likeness (QED) is 0.503. The first-order valence-corrected chi connectivity index (χ1v) is 7.03. The zero-order valence-corrected chi connectivity index (χ0v) is 12.4. The third-order valence-electron chi connectivity index (χ3n) is 3.02. The van der Waals surface area contributed by atoms with E-state index >= 15 is 0 Å². The van der Waals surface area contributed by atoms with Crippen LogP contribution in [0.4, 0.5) is 5.69 Å². The number of ether oxygens (including phenoxy) is 1. The number of carbonyl (C=O) groups excluding carboxylic acids is 1. The van der Waals surface area contributed by atoms with Crippen molar-refractivity contribution in [1.29, 1.82) is 0 Å². The lowest BCUT2D eigenvalue weighted by Gasteiger charge is -2.17. The Morgan fingerprint density at radius 3 is 2.71 bits per heavy atom. The van der Waals surface area contributed by atoms with Gasteiger partial charge in [0, 0.05) is 6.54 Å². The number of nitrogen functional groups attached to an aromatic ring is 1. The fraction of sp³-hybridized carbons (Fsp3) is 0.467. The Balaban J connectivity index is 2.68. The van der Waals surface area contributed by atoms with Crippen LogP contribution in [0.5, 0.6) is 5.75 Å². The Labute approximate surface area is 124 Å². The normalized spacial score (nSPS) is 11.7. The highest BCUT2D eigenvalue weighted by Gasteiger charge is 2.20. The van der Waals surface area contributed by atoms with Crippen molar-refractivity contribution < 1.29 is 19.4 Å². The lowest BCUT2D eigenvalue weighted by molar-refractivity contribution is -0.127. The van der Waals surface area contributed by atoms with Gasteiger partial charge in [-0.05, 0) is 25.5 Å². The highest BCUT2D eigenvalue weighted by Crippen LogP contribution is 2.27. The average molecular weight is 294 g/mol. The molecular formula is C15H22N2O4. The smallest absolute Gasteiger partial charge is 0.339 e. The van der Waals surface area contributed by atoms with E-state index in [2.05, 4.69) is 12.2 Å². The van der Waals surface area contributed by atoms with Gasteiger partial charge in [-0.1, -0.05) is 25.8 Å². The zero-order valence-electron chi connectivity index (χ0n) is 12.4. The summed E-state index contributed by atoms with van der Waals surface area (Å²) in [7, 11) is 0. The van der Waals surface area contributed by atoms with Gasteiger partial charge < -0.3 is 20.9 Å². The van der Waals surface area contributed by atoms with E-state index in [0.29, 0.717) is 6.54 Å². The van der Waals surface area contributed by atoms with E-state index in [0.717, 1.165) is 19.3 Å². The summed E-state index contributed by atoms with van der Waals surface area (Å²) >= 11 is 0. The molecule has 0 aliphatic rings. The van der Waals surface area contributed by atoms with Crippen molar-refractivity contribution in [2.45, 2.75) is 39.2 Å². The lowest BCUT2D eigenvalue weighted by Crippen LogP contribution is -2.37. The number of anilines is 1. The number of aromatic carboxylic acids is 1. The summed E-state index contributed by atoms with van der Waals surface area (Å²) in [6.07, 6.45) is 2.21. The number of rotatable bonds is 8. The number of nitrogens with two attached hydrogens (primary N) is 1. The van der Waals surface area contributed by atoms with E-state index in [4.69, 9.17) is 15.6 Å². The number of benzene rings is 1. The van der Waals surface area contributed by atoms with Gasteiger partial charge in [-0.2, -0.15) is 0 Å². The van der Waals surface area contributed by atoms with Crippen molar-refractivity contribution in [1.82, 2.24) is 5.32 Å². The van der Waals surface area contributed by atoms with Crippen LogP contribution in [0.3, 0.4) is 0 Å². The van der Waals surface area contributed by atoms with E-state index in [1.54, 1.807) is 6.92 Å². The number of unbranched alkanes of at least 4 members (excludes halogenated alkanes) is 2. The summed E-state index contributed by atoms with van der Waals surface area (Å²) in [5.74, 6) is -1.40.